The minimum atomic E-state index is 0.0701. The van der Waals surface area contributed by atoms with E-state index in [1.54, 1.807) is 12.4 Å². The van der Waals surface area contributed by atoms with Gasteiger partial charge < -0.3 is 4.90 Å². The van der Waals surface area contributed by atoms with Crippen LogP contribution in [0.2, 0.25) is 0 Å². The number of rotatable bonds is 3. The van der Waals surface area contributed by atoms with Crippen LogP contribution < -0.4 is 0 Å². The van der Waals surface area contributed by atoms with E-state index in [1.165, 1.54) is 11.1 Å². The molecular weight excluding hydrogens is 362 g/mol. The van der Waals surface area contributed by atoms with Crippen LogP contribution in [0.5, 0.6) is 0 Å². The molecule has 29 heavy (non-hydrogen) atoms. The first kappa shape index (κ1) is 18.1. The predicted octanol–water partition coefficient (Wildman–Crippen LogP) is 2.50. The summed E-state index contributed by atoms with van der Waals surface area (Å²) in [4.78, 5) is 26.1. The number of nitrogens with zero attached hydrogens (tertiary/aromatic N) is 5. The molecule has 0 N–H and O–H groups in total. The van der Waals surface area contributed by atoms with Crippen molar-refractivity contribution in [3.05, 3.63) is 77.5 Å². The van der Waals surface area contributed by atoms with E-state index in [-0.39, 0.29) is 5.91 Å². The van der Waals surface area contributed by atoms with Gasteiger partial charge in [-0.2, -0.15) is 0 Å². The van der Waals surface area contributed by atoms with Crippen LogP contribution in [0.4, 0.5) is 0 Å². The first-order valence-electron chi connectivity index (χ1n) is 10.3. The lowest BCUT2D eigenvalue weighted by Gasteiger charge is -2.38. The molecule has 1 amide bonds. The molecule has 0 atom stereocenters. The van der Waals surface area contributed by atoms with Crippen LogP contribution in [-0.4, -0.2) is 62.5 Å². The van der Waals surface area contributed by atoms with E-state index in [0.29, 0.717) is 11.6 Å². The normalized spacial score (nSPS) is 17.5. The summed E-state index contributed by atoms with van der Waals surface area (Å²) in [5, 5.41) is 0. The summed E-state index contributed by atoms with van der Waals surface area (Å²) in [6, 6.07) is 13.1. The Hall–Kier alpha value is -2.99. The molecule has 3 aromatic rings. The van der Waals surface area contributed by atoms with Crippen molar-refractivity contribution in [2.75, 3.05) is 26.2 Å². The second-order valence-corrected chi connectivity index (χ2v) is 7.91. The third kappa shape index (κ3) is 3.44. The van der Waals surface area contributed by atoms with E-state index in [2.05, 4.69) is 39.1 Å². The van der Waals surface area contributed by atoms with Gasteiger partial charge in [0.2, 0.25) is 0 Å². The summed E-state index contributed by atoms with van der Waals surface area (Å²) in [5.74, 6) is 1.73. The molecule has 1 saturated heterocycles. The van der Waals surface area contributed by atoms with Crippen molar-refractivity contribution in [1.82, 2.24) is 24.3 Å². The molecule has 6 nitrogen and oxygen atoms in total. The third-order valence-corrected chi connectivity index (χ3v) is 6.21. The van der Waals surface area contributed by atoms with Gasteiger partial charge in [0.15, 0.2) is 0 Å². The Morgan fingerprint density at radius 1 is 0.966 bits per heavy atom. The molecule has 1 aliphatic heterocycles. The molecule has 6 heteroatoms. The minimum Gasteiger partial charge on any atom is -0.336 e. The van der Waals surface area contributed by atoms with Crippen LogP contribution in [-0.2, 0) is 12.8 Å². The third-order valence-electron chi connectivity index (χ3n) is 6.21. The predicted molar refractivity (Wildman–Crippen MR) is 111 cm³/mol. The number of carbonyl (C=O) groups excluding carboxylic acids is 1. The fourth-order valence-electron chi connectivity index (χ4n) is 4.54. The van der Waals surface area contributed by atoms with Crippen molar-refractivity contribution >= 4 is 5.91 Å². The van der Waals surface area contributed by atoms with Crippen molar-refractivity contribution in [2.24, 2.45) is 0 Å². The van der Waals surface area contributed by atoms with E-state index in [9.17, 15) is 4.79 Å². The number of carbonyl (C=O) groups is 1. The highest BCUT2D eigenvalue weighted by atomic mass is 16.2. The molecule has 0 saturated carbocycles. The molecule has 2 aliphatic rings. The number of imidazole rings is 1. The number of aryl methyl sites for hydroxylation is 1. The lowest BCUT2D eigenvalue weighted by Crippen LogP contribution is -2.52. The molecule has 3 heterocycles. The van der Waals surface area contributed by atoms with E-state index >= 15 is 0 Å². The average molecular weight is 387 g/mol. The second-order valence-electron chi connectivity index (χ2n) is 7.91. The Kier molecular flexibility index (Phi) is 4.64. The molecule has 0 unspecified atom stereocenters. The number of pyridine rings is 1. The highest BCUT2D eigenvalue weighted by Crippen LogP contribution is 2.26. The smallest absolute Gasteiger partial charge is 0.255 e. The average Bonchev–Trinajstić information content (AvgIpc) is 3.39. The Balaban J connectivity index is 1.20. The SMILES string of the molecule is Cc1nccn1-c1ccc(C(=O)N2CCN(C3Cc4ccccc4C3)CC2)cn1. The van der Waals surface area contributed by atoms with Crippen molar-refractivity contribution < 1.29 is 4.79 Å². The van der Waals surface area contributed by atoms with Gasteiger partial charge in [-0.15, -0.1) is 0 Å². The van der Waals surface area contributed by atoms with Gasteiger partial charge >= 0.3 is 0 Å². The summed E-state index contributed by atoms with van der Waals surface area (Å²) in [6.45, 7) is 5.35. The standard InChI is InChI=1S/C23H25N5O/c1-17-24-8-9-28(17)22-7-6-20(16-25-22)23(29)27-12-10-26(11-13-27)21-14-18-4-2-3-5-19(18)15-21/h2-9,16,21H,10-15H2,1H3. The Morgan fingerprint density at radius 2 is 1.69 bits per heavy atom. The zero-order valence-corrected chi connectivity index (χ0v) is 16.7. The number of amides is 1. The number of aromatic nitrogens is 3. The summed E-state index contributed by atoms with van der Waals surface area (Å²) in [7, 11) is 0. The quantitative estimate of drug-likeness (QED) is 0.693. The van der Waals surface area contributed by atoms with Gasteiger partial charge in [-0.3, -0.25) is 14.3 Å². The number of hydrogen-bond donors (Lipinski definition) is 0. The van der Waals surface area contributed by atoms with Gasteiger partial charge in [0, 0.05) is 50.8 Å². The van der Waals surface area contributed by atoms with E-state index in [1.807, 2.05) is 34.7 Å². The van der Waals surface area contributed by atoms with E-state index in [4.69, 9.17) is 0 Å². The van der Waals surface area contributed by atoms with Crippen LogP contribution in [0.25, 0.3) is 5.82 Å². The fraction of sp³-hybridized carbons (Fsp3) is 0.348. The lowest BCUT2D eigenvalue weighted by atomic mass is 10.1. The molecule has 1 aliphatic carbocycles. The fourth-order valence-corrected chi connectivity index (χ4v) is 4.54. The zero-order valence-electron chi connectivity index (χ0n) is 16.7. The van der Waals surface area contributed by atoms with Crippen molar-refractivity contribution in [1.29, 1.82) is 0 Å². The highest BCUT2D eigenvalue weighted by molar-refractivity contribution is 5.94. The van der Waals surface area contributed by atoms with Crippen LogP contribution in [0, 0.1) is 6.92 Å². The van der Waals surface area contributed by atoms with Crippen molar-refractivity contribution in [3.63, 3.8) is 0 Å². The van der Waals surface area contributed by atoms with Crippen LogP contribution >= 0.6 is 0 Å². The first-order chi connectivity index (χ1) is 14.2. The lowest BCUT2D eigenvalue weighted by molar-refractivity contribution is 0.0575. The maximum atomic E-state index is 12.9. The Labute approximate surface area is 170 Å². The van der Waals surface area contributed by atoms with Crippen molar-refractivity contribution in [3.8, 4) is 5.82 Å². The largest absolute Gasteiger partial charge is 0.336 e. The van der Waals surface area contributed by atoms with Crippen LogP contribution in [0.3, 0.4) is 0 Å². The molecule has 148 valence electrons. The molecule has 1 aromatic carbocycles. The van der Waals surface area contributed by atoms with Crippen molar-refractivity contribution in [2.45, 2.75) is 25.8 Å². The number of piperazine rings is 1. The van der Waals surface area contributed by atoms with Gasteiger partial charge in [0.1, 0.15) is 11.6 Å². The zero-order chi connectivity index (χ0) is 19.8. The van der Waals surface area contributed by atoms with E-state index < -0.39 is 0 Å². The molecule has 1 fully saturated rings. The summed E-state index contributed by atoms with van der Waals surface area (Å²) in [6.07, 6.45) is 7.56. The monoisotopic (exact) mass is 387 g/mol. The van der Waals surface area contributed by atoms with Gasteiger partial charge in [0.05, 0.1) is 5.56 Å². The van der Waals surface area contributed by atoms with Crippen LogP contribution in [0.15, 0.2) is 55.0 Å². The summed E-state index contributed by atoms with van der Waals surface area (Å²) < 4.78 is 1.91. The van der Waals surface area contributed by atoms with Gasteiger partial charge in [-0.1, -0.05) is 24.3 Å². The number of hydrogen-bond acceptors (Lipinski definition) is 4. The summed E-state index contributed by atoms with van der Waals surface area (Å²) in [5.41, 5.74) is 3.61. The topological polar surface area (TPSA) is 54.3 Å². The minimum absolute atomic E-state index is 0.0701. The maximum Gasteiger partial charge on any atom is 0.255 e. The molecular formula is C23H25N5O. The van der Waals surface area contributed by atoms with Gasteiger partial charge in [-0.05, 0) is 43.0 Å². The van der Waals surface area contributed by atoms with Gasteiger partial charge in [0.25, 0.3) is 5.91 Å². The second kappa shape index (κ2) is 7.44. The first-order valence-corrected chi connectivity index (χ1v) is 10.3. The molecule has 0 spiro atoms. The number of benzene rings is 1. The van der Waals surface area contributed by atoms with Gasteiger partial charge in [-0.25, -0.2) is 9.97 Å². The summed E-state index contributed by atoms with van der Waals surface area (Å²) >= 11 is 0. The highest BCUT2D eigenvalue weighted by Gasteiger charge is 2.30. The molecule has 0 bridgehead atoms. The Bertz CT molecular complexity index is 993. The van der Waals surface area contributed by atoms with Crippen LogP contribution in [0.1, 0.15) is 27.3 Å². The Morgan fingerprint density at radius 3 is 2.28 bits per heavy atom. The van der Waals surface area contributed by atoms with E-state index in [0.717, 1.165) is 50.7 Å². The molecule has 2 aromatic heterocycles. The molecule has 0 radical (unpaired) electrons. The maximum absolute atomic E-state index is 12.9. The molecule has 5 rings (SSSR count). The number of fused-ring (bicyclic) bond motifs is 1.